The number of carbonyl (C=O) groups excluding carboxylic acids is 2. The molecule has 2 aromatic rings. The highest BCUT2D eigenvalue weighted by atomic mass is 16.5. The Morgan fingerprint density at radius 1 is 1.03 bits per heavy atom. The van der Waals surface area contributed by atoms with Gasteiger partial charge in [-0.05, 0) is 62.4 Å². The number of hydrogen-bond donors (Lipinski definition) is 1. The van der Waals surface area contributed by atoms with Gasteiger partial charge in [0.2, 0.25) is 5.91 Å². The van der Waals surface area contributed by atoms with Crippen molar-refractivity contribution in [3.05, 3.63) is 59.7 Å². The van der Waals surface area contributed by atoms with Gasteiger partial charge >= 0.3 is 0 Å². The van der Waals surface area contributed by atoms with E-state index >= 15 is 0 Å². The van der Waals surface area contributed by atoms with E-state index in [-0.39, 0.29) is 11.3 Å². The van der Waals surface area contributed by atoms with Crippen LogP contribution in [0.15, 0.2) is 48.5 Å². The fourth-order valence-corrected chi connectivity index (χ4v) is 5.34. The zero-order valence-corrected chi connectivity index (χ0v) is 20.5. The number of ether oxygens (including phenoxy) is 1. The number of benzene rings is 2. The maximum absolute atomic E-state index is 13.4. The van der Waals surface area contributed by atoms with Crippen LogP contribution < -0.4 is 10.1 Å². The summed E-state index contributed by atoms with van der Waals surface area (Å²) in [6.07, 6.45) is 8.03. The molecule has 0 spiro atoms. The van der Waals surface area contributed by atoms with Gasteiger partial charge in [0.25, 0.3) is 0 Å². The molecule has 182 valence electrons. The third-order valence-electron chi connectivity index (χ3n) is 7.44. The van der Waals surface area contributed by atoms with Crippen LogP contribution in [-0.4, -0.2) is 42.8 Å². The van der Waals surface area contributed by atoms with Gasteiger partial charge in [0.15, 0.2) is 0 Å². The predicted octanol–water partition coefficient (Wildman–Crippen LogP) is 5.52. The Bertz CT molecular complexity index is 965. The van der Waals surface area contributed by atoms with Crippen LogP contribution in [0.5, 0.6) is 5.75 Å². The molecular formula is C29H38N2O3. The molecule has 2 aliphatic rings. The minimum atomic E-state index is -0.324. The van der Waals surface area contributed by atoms with Crippen LogP contribution in [0.25, 0.3) is 0 Å². The number of unbranched alkanes of at least 4 members (excludes halogenated alkanes) is 2. The molecule has 1 amide bonds. The minimum absolute atomic E-state index is 0.0742. The van der Waals surface area contributed by atoms with Gasteiger partial charge in [0.1, 0.15) is 11.5 Å². The summed E-state index contributed by atoms with van der Waals surface area (Å²) in [5, 5.41) is 2.93. The van der Waals surface area contributed by atoms with Crippen LogP contribution in [0.1, 0.15) is 69.4 Å². The molecule has 0 aliphatic carbocycles. The lowest BCUT2D eigenvalue weighted by molar-refractivity contribution is -0.126. The molecule has 34 heavy (non-hydrogen) atoms. The Kier molecular flexibility index (Phi) is 8.39. The lowest BCUT2D eigenvalue weighted by Gasteiger charge is -2.41. The summed E-state index contributed by atoms with van der Waals surface area (Å²) < 4.78 is 5.97. The number of anilines is 1. The first-order valence-electron chi connectivity index (χ1n) is 13.0. The van der Waals surface area contributed by atoms with Crippen LogP contribution in [0.3, 0.4) is 0 Å². The number of nitrogens with one attached hydrogen (secondary N) is 1. The molecule has 1 fully saturated rings. The summed E-state index contributed by atoms with van der Waals surface area (Å²) in [5.74, 6) is 1.31. The molecule has 2 aliphatic heterocycles. The number of aryl methyl sites for hydroxylation is 1. The molecule has 1 N–H and O–H groups in total. The van der Waals surface area contributed by atoms with E-state index in [4.69, 9.17) is 4.74 Å². The molecule has 0 saturated carbocycles. The Morgan fingerprint density at radius 3 is 2.59 bits per heavy atom. The summed E-state index contributed by atoms with van der Waals surface area (Å²) in [6, 6.07) is 16.4. The fourth-order valence-electron chi connectivity index (χ4n) is 5.34. The molecular weight excluding hydrogens is 424 g/mol. The van der Waals surface area contributed by atoms with Gasteiger partial charge in [0.05, 0.1) is 12.0 Å². The number of amides is 1. The SMILES string of the molecule is CCCCCC(=O)C1(c2ccccc2)CCN(CCCOc2ccc3c(c2)NC(=O)CC3)CC1. The average Bonchev–Trinajstić information content (AvgIpc) is 2.87. The summed E-state index contributed by atoms with van der Waals surface area (Å²) >= 11 is 0. The monoisotopic (exact) mass is 462 g/mol. The summed E-state index contributed by atoms with van der Waals surface area (Å²) in [4.78, 5) is 27.5. The zero-order valence-electron chi connectivity index (χ0n) is 20.5. The highest BCUT2D eigenvalue weighted by Gasteiger charge is 2.41. The fraction of sp³-hybridized carbons (Fsp3) is 0.517. The molecule has 2 heterocycles. The van der Waals surface area contributed by atoms with Crippen molar-refractivity contribution >= 4 is 17.4 Å². The molecule has 0 radical (unpaired) electrons. The van der Waals surface area contributed by atoms with Crippen LogP contribution in [0.2, 0.25) is 0 Å². The Labute approximate surface area is 203 Å². The number of fused-ring (bicyclic) bond motifs is 1. The molecule has 5 heteroatoms. The number of rotatable bonds is 11. The van der Waals surface area contributed by atoms with Crippen molar-refractivity contribution in [1.29, 1.82) is 0 Å². The number of carbonyl (C=O) groups is 2. The third-order valence-corrected chi connectivity index (χ3v) is 7.44. The van der Waals surface area contributed by atoms with Crippen molar-refractivity contribution in [2.24, 2.45) is 0 Å². The second kappa shape index (κ2) is 11.7. The highest BCUT2D eigenvalue weighted by molar-refractivity contribution is 5.94. The van der Waals surface area contributed by atoms with Gasteiger partial charge in [-0.2, -0.15) is 0 Å². The summed E-state index contributed by atoms with van der Waals surface area (Å²) in [5.41, 5.74) is 2.92. The van der Waals surface area contributed by atoms with Crippen molar-refractivity contribution in [2.45, 2.75) is 70.1 Å². The second-order valence-corrected chi connectivity index (χ2v) is 9.74. The number of nitrogens with zero attached hydrogens (tertiary/aromatic N) is 1. The Hall–Kier alpha value is -2.66. The van der Waals surface area contributed by atoms with Gasteiger partial charge < -0.3 is 15.0 Å². The largest absolute Gasteiger partial charge is 0.493 e. The number of likely N-dealkylation sites (tertiary alicyclic amines) is 1. The topological polar surface area (TPSA) is 58.6 Å². The average molecular weight is 463 g/mol. The molecule has 2 aromatic carbocycles. The highest BCUT2D eigenvalue weighted by Crippen LogP contribution is 2.38. The van der Waals surface area contributed by atoms with Crippen LogP contribution in [0.4, 0.5) is 5.69 Å². The quantitative estimate of drug-likeness (QED) is 0.447. The van der Waals surface area contributed by atoms with E-state index < -0.39 is 0 Å². The third kappa shape index (κ3) is 5.87. The van der Waals surface area contributed by atoms with Gasteiger partial charge in [0, 0.05) is 31.1 Å². The number of Topliss-reactive ketones (excluding diaryl/α,β-unsaturated/α-hetero) is 1. The maximum atomic E-state index is 13.4. The minimum Gasteiger partial charge on any atom is -0.493 e. The van der Waals surface area contributed by atoms with Gasteiger partial charge in [-0.3, -0.25) is 9.59 Å². The zero-order chi connectivity index (χ0) is 23.8. The number of ketones is 1. The van der Waals surface area contributed by atoms with Gasteiger partial charge in [-0.1, -0.05) is 56.2 Å². The number of piperidine rings is 1. The maximum Gasteiger partial charge on any atom is 0.224 e. The van der Waals surface area contributed by atoms with Crippen molar-refractivity contribution in [3.63, 3.8) is 0 Å². The molecule has 1 saturated heterocycles. The van der Waals surface area contributed by atoms with Gasteiger partial charge in [-0.15, -0.1) is 0 Å². The molecule has 4 rings (SSSR count). The number of hydrogen-bond acceptors (Lipinski definition) is 4. The first kappa shape index (κ1) is 24.5. The predicted molar refractivity (Wildman–Crippen MR) is 136 cm³/mol. The summed E-state index contributed by atoms with van der Waals surface area (Å²) in [7, 11) is 0. The first-order valence-corrected chi connectivity index (χ1v) is 13.0. The molecule has 0 bridgehead atoms. The second-order valence-electron chi connectivity index (χ2n) is 9.74. The van der Waals surface area contributed by atoms with E-state index in [0.29, 0.717) is 25.2 Å². The van der Waals surface area contributed by atoms with E-state index in [1.54, 1.807) is 0 Å². The van der Waals surface area contributed by atoms with Crippen molar-refractivity contribution < 1.29 is 14.3 Å². The smallest absolute Gasteiger partial charge is 0.224 e. The van der Waals surface area contributed by atoms with E-state index in [1.807, 2.05) is 18.2 Å². The van der Waals surface area contributed by atoms with E-state index in [2.05, 4.69) is 47.5 Å². The van der Waals surface area contributed by atoms with Crippen molar-refractivity contribution in [2.75, 3.05) is 31.6 Å². The lowest BCUT2D eigenvalue weighted by Crippen LogP contribution is -2.47. The van der Waals surface area contributed by atoms with Crippen molar-refractivity contribution in [1.82, 2.24) is 4.90 Å². The molecule has 5 nitrogen and oxygen atoms in total. The van der Waals surface area contributed by atoms with Crippen LogP contribution in [0, 0.1) is 0 Å². The molecule has 0 aromatic heterocycles. The van der Waals surface area contributed by atoms with Gasteiger partial charge in [-0.25, -0.2) is 0 Å². The molecule has 0 unspecified atom stereocenters. The Balaban J connectivity index is 1.27. The van der Waals surface area contributed by atoms with Crippen molar-refractivity contribution in [3.8, 4) is 5.75 Å². The normalized spacial score (nSPS) is 17.6. The lowest BCUT2D eigenvalue weighted by atomic mass is 9.68. The van der Waals surface area contributed by atoms with Crippen LogP contribution >= 0.6 is 0 Å². The van der Waals surface area contributed by atoms with E-state index in [9.17, 15) is 9.59 Å². The first-order chi connectivity index (χ1) is 16.6. The summed E-state index contributed by atoms with van der Waals surface area (Å²) in [6.45, 7) is 5.68. The van der Waals surface area contributed by atoms with E-state index in [0.717, 1.165) is 76.0 Å². The van der Waals surface area contributed by atoms with E-state index in [1.165, 1.54) is 11.1 Å². The standard InChI is InChI=1S/C29H38N2O3/c1-2-3-5-11-27(32)29(24-9-6-4-7-10-24)16-19-31(20-17-29)18-8-21-34-25-14-12-23-13-15-28(33)30-26(23)22-25/h4,6-7,9-10,12,14,22H,2-3,5,8,11,13,15-21H2,1H3,(H,30,33). The van der Waals surface area contributed by atoms with Crippen LogP contribution in [-0.2, 0) is 21.4 Å². The molecule has 0 atom stereocenters. The Morgan fingerprint density at radius 2 is 1.82 bits per heavy atom.